The number of rotatable bonds is 6. The third kappa shape index (κ3) is 6.20. The molecule has 0 aromatic heterocycles. The molecule has 2 saturated heterocycles. The molecule has 0 radical (unpaired) electrons. The van der Waals surface area contributed by atoms with Gasteiger partial charge in [-0.25, -0.2) is 0 Å². The SMILES string of the molecule is CN=C(NCCS(=O)Cc1ccccc1)N1CCC(N2CCCC2)C1.I. The van der Waals surface area contributed by atoms with Crippen molar-refractivity contribution >= 4 is 40.7 Å². The third-order valence-electron chi connectivity index (χ3n) is 5.12. The highest BCUT2D eigenvalue weighted by Crippen LogP contribution is 2.20. The van der Waals surface area contributed by atoms with Gasteiger partial charge in [0.25, 0.3) is 0 Å². The summed E-state index contributed by atoms with van der Waals surface area (Å²) in [5, 5.41) is 3.40. The summed E-state index contributed by atoms with van der Waals surface area (Å²) in [7, 11) is 0.996. The molecule has 2 fully saturated rings. The van der Waals surface area contributed by atoms with Crippen LogP contribution in [0.4, 0.5) is 0 Å². The van der Waals surface area contributed by atoms with Crippen molar-refractivity contribution in [3.8, 4) is 0 Å². The Balaban J connectivity index is 0.00000243. The molecule has 0 spiro atoms. The second-order valence-electron chi connectivity index (χ2n) is 6.88. The summed E-state index contributed by atoms with van der Waals surface area (Å²) < 4.78 is 12.2. The lowest BCUT2D eigenvalue weighted by atomic mass is 10.2. The van der Waals surface area contributed by atoms with Gasteiger partial charge in [-0.3, -0.25) is 14.1 Å². The van der Waals surface area contributed by atoms with Crippen LogP contribution in [0.25, 0.3) is 0 Å². The summed E-state index contributed by atoms with van der Waals surface area (Å²) in [6.45, 7) is 5.34. The largest absolute Gasteiger partial charge is 0.355 e. The number of aliphatic imine (C=N–C) groups is 1. The standard InChI is InChI=1S/C19H30N4OS.HI/c1-20-19(23-13-9-18(15-23)22-11-5-6-12-22)21-10-14-25(24)16-17-7-3-2-4-8-17;/h2-4,7-8,18H,5-6,9-16H2,1H3,(H,20,21);1H. The Morgan fingerprint density at radius 2 is 1.96 bits per heavy atom. The van der Waals surface area contributed by atoms with Crippen molar-refractivity contribution in [3.05, 3.63) is 35.9 Å². The first kappa shape index (κ1) is 21.6. The topological polar surface area (TPSA) is 47.9 Å². The van der Waals surface area contributed by atoms with E-state index in [1.54, 1.807) is 0 Å². The Kier molecular flexibility index (Phi) is 9.35. The first-order valence-corrected chi connectivity index (χ1v) is 10.8. The van der Waals surface area contributed by atoms with E-state index in [4.69, 9.17) is 0 Å². The molecule has 146 valence electrons. The monoisotopic (exact) mass is 490 g/mol. The van der Waals surface area contributed by atoms with Crippen LogP contribution in [0.3, 0.4) is 0 Å². The lowest BCUT2D eigenvalue weighted by Gasteiger charge is -2.25. The van der Waals surface area contributed by atoms with Crippen LogP contribution in [0.15, 0.2) is 35.3 Å². The van der Waals surface area contributed by atoms with Gasteiger partial charge in [0, 0.05) is 55.0 Å². The van der Waals surface area contributed by atoms with Crippen LogP contribution >= 0.6 is 24.0 Å². The van der Waals surface area contributed by atoms with Crippen molar-refractivity contribution in [2.45, 2.75) is 31.1 Å². The van der Waals surface area contributed by atoms with Gasteiger partial charge < -0.3 is 10.2 Å². The van der Waals surface area contributed by atoms with Gasteiger partial charge in [-0.05, 0) is 37.9 Å². The molecule has 26 heavy (non-hydrogen) atoms. The lowest BCUT2D eigenvalue weighted by Crippen LogP contribution is -2.43. The Hall–Kier alpha value is -0.670. The molecule has 0 aliphatic carbocycles. The van der Waals surface area contributed by atoms with Gasteiger partial charge in [0.2, 0.25) is 0 Å². The molecule has 2 aliphatic heterocycles. The van der Waals surface area contributed by atoms with E-state index in [1.807, 2.05) is 37.4 Å². The van der Waals surface area contributed by atoms with Crippen LogP contribution in [-0.4, -0.2) is 71.5 Å². The molecule has 0 saturated carbocycles. The van der Waals surface area contributed by atoms with E-state index in [-0.39, 0.29) is 24.0 Å². The Labute approximate surface area is 177 Å². The van der Waals surface area contributed by atoms with Gasteiger partial charge in [0.15, 0.2) is 5.96 Å². The number of nitrogens with one attached hydrogen (secondary N) is 1. The first-order chi connectivity index (χ1) is 12.3. The van der Waals surface area contributed by atoms with Crippen molar-refractivity contribution in [1.29, 1.82) is 0 Å². The Morgan fingerprint density at radius 3 is 2.65 bits per heavy atom. The number of benzene rings is 1. The highest BCUT2D eigenvalue weighted by Gasteiger charge is 2.30. The average molecular weight is 490 g/mol. The van der Waals surface area contributed by atoms with Gasteiger partial charge in [0.1, 0.15) is 0 Å². The van der Waals surface area contributed by atoms with Crippen LogP contribution < -0.4 is 5.32 Å². The molecular weight excluding hydrogens is 459 g/mol. The van der Waals surface area contributed by atoms with E-state index in [0.29, 0.717) is 24.1 Å². The number of hydrogen-bond donors (Lipinski definition) is 1. The van der Waals surface area contributed by atoms with Gasteiger partial charge >= 0.3 is 0 Å². The minimum atomic E-state index is -0.844. The van der Waals surface area contributed by atoms with Crippen LogP contribution in [0, 0.1) is 0 Å². The quantitative estimate of drug-likeness (QED) is 0.378. The van der Waals surface area contributed by atoms with Gasteiger partial charge in [0.05, 0.1) is 0 Å². The summed E-state index contributed by atoms with van der Waals surface area (Å²) in [5.74, 6) is 2.23. The molecule has 5 nitrogen and oxygen atoms in total. The fraction of sp³-hybridized carbons (Fsp3) is 0.632. The predicted molar refractivity (Wildman–Crippen MR) is 121 cm³/mol. The molecule has 1 N–H and O–H groups in total. The predicted octanol–water partition coefficient (Wildman–Crippen LogP) is 2.30. The van der Waals surface area contributed by atoms with Crippen molar-refractivity contribution in [1.82, 2.24) is 15.1 Å². The summed E-state index contributed by atoms with van der Waals surface area (Å²) in [6.07, 6.45) is 3.91. The van der Waals surface area contributed by atoms with Crippen molar-refractivity contribution in [2.24, 2.45) is 4.99 Å². The molecular formula is C19H31IN4OS. The van der Waals surface area contributed by atoms with Gasteiger partial charge in [-0.15, -0.1) is 24.0 Å². The summed E-state index contributed by atoms with van der Waals surface area (Å²) >= 11 is 0. The molecule has 1 aromatic carbocycles. The zero-order valence-electron chi connectivity index (χ0n) is 15.6. The second-order valence-corrected chi connectivity index (χ2v) is 8.46. The molecule has 2 atom stereocenters. The fourth-order valence-electron chi connectivity index (χ4n) is 3.78. The summed E-state index contributed by atoms with van der Waals surface area (Å²) in [6, 6.07) is 10.7. The highest BCUT2D eigenvalue weighted by molar-refractivity contribution is 14.0. The fourth-order valence-corrected chi connectivity index (χ4v) is 4.82. The van der Waals surface area contributed by atoms with Crippen LogP contribution in [0.1, 0.15) is 24.8 Å². The Morgan fingerprint density at radius 1 is 1.23 bits per heavy atom. The molecule has 1 aromatic rings. The van der Waals surface area contributed by atoms with Crippen molar-refractivity contribution in [3.63, 3.8) is 0 Å². The average Bonchev–Trinajstić information content (AvgIpc) is 3.31. The molecule has 7 heteroatoms. The van der Waals surface area contributed by atoms with E-state index in [1.165, 1.54) is 32.4 Å². The highest BCUT2D eigenvalue weighted by atomic mass is 127. The molecule has 2 unspecified atom stereocenters. The molecule has 2 heterocycles. The summed E-state index contributed by atoms with van der Waals surface area (Å²) in [5.41, 5.74) is 1.14. The molecule has 3 rings (SSSR count). The van der Waals surface area contributed by atoms with Crippen molar-refractivity contribution in [2.75, 3.05) is 45.5 Å². The number of halogens is 1. The maximum atomic E-state index is 12.2. The smallest absolute Gasteiger partial charge is 0.193 e. The number of hydrogen-bond acceptors (Lipinski definition) is 3. The van der Waals surface area contributed by atoms with Crippen LogP contribution in [0.2, 0.25) is 0 Å². The number of nitrogens with zero attached hydrogens (tertiary/aromatic N) is 3. The van der Waals surface area contributed by atoms with Crippen LogP contribution in [-0.2, 0) is 16.6 Å². The normalized spacial score (nSPS) is 22.3. The second kappa shape index (κ2) is 11.2. The number of likely N-dealkylation sites (tertiary alicyclic amines) is 2. The van der Waals surface area contributed by atoms with E-state index in [9.17, 15) is 4.21 Å². The van der Waals surface area contributed by atoms with Crippen LogP contribution in [0.5, 0.6) is 0 Å². The van der Waals surface area contributed by atoms with Gasteiger partial charge in [-0.2, -0.15) is 0 Å². The first-order valence-electron chi connectivity index (χ1n) is 9.35. The van der Waals surface area contributed by atoms with E-state index in [2.05, 4.69) is 20.1 Å². The zero-order chi connectivity index (χ0) is 17.5. The van der Waals surface area contributed by atoms with E-state index in [0.717, 1.165) is 24.6 Å². The molecule has 0 amide bonds. The van der Waals surface area contributed by atoms with Crippen molar-refractivity contribution < 1.29 is 4.21 Å². The van der Waals surface area contributed by atoms with E-state index < -0.39 is 10.8 Å². The minimum Gasteiger partial charge on any atom is -0.355 e. The lowest BCUT2D eigenvalue weighted by molar-refractivity contribution is 0.249. The maximum absolute atomic E-state index is 12.2. The van der Waals surface area contributed by atoms with E-state index >= 15 is 0 Å². The Bertz CT molecular complexity index is 592. The number of guanidine groups is 1. The molecule has 2 aliphatic rings. The zero-order valence-corrected chi connectivity index (χ0v) is 18.7. The molecule has 0 bridgehead atoms. The third-order valence-corrected chi connectivity index (χ3v) is 6.43. The minimum absolute atomic E-state index is 0. The maximum Gasteiger partial charge on any atom is 0.193 e. The summed E-state index contributed by atoms with van der Waals surface area (Å²) in [4.78, 5) is 9.40. The van der Waals surface area contributed by atoms with Gasteiger partial charge in [-0.1, -0.05) is 30.3 Å².